The van der Waals surface area contributed by atoms with Gasteiger partial charge in [-0.2, -0.15) is 39.5 Å². The topological polar surface area (TPSA) is 55.8 Å². The predicted molar refractivity (Wildman–Crippen MR) is 165 cm³/mol. The fraction of sp³-hybridized carbons (Fsp3) is 0.389. The molecule has 1 amide bonds. The number of ether oxygens (including phenoxy) is 2. The molecule has 1 fully saturated rings. The van der Waals surface area contributed by atoms with Crippen LogP contribution in [0.25, 0.3) is 16.7 Å². The zero-order valence-corrected chi connectivity index (χ0v) is 27.5. The number of methoxy groups -OCH3 is 1. The van der Waals surface area contributed by atoms with Gasteiger partial charge in [-0.25, -0.2) is 14.0 Å². The highest BCUT2D eigenvalue weighted by molar-refractivity contribution is 5.90. The van der Waals surface area contributed by atoms with E-state index in [4.69, 9.17) is 4.74 Å². The molecule has 0 N–H and O–H groups in total. The highest BCUT2D eigenvalue weighted by Crippen LogP contribution is 2.47. The maximum atomic E-state index is 15.2. The maximum absolute atomic E-state index is 15.2. The number of hydrogen-bond acceptors (Lipinski definition) is 4. The lowest BCUT2D eigenvalue weighted by atomic mass is 9.72. The van der Waals surface area contributed by atoms with E-state index in [0.29, 0.717) is 29.7 Å². The summed E-state index contributed by atoms with van der Waals surface area (Å²) >= 11 is 0. The van der Waals surface area contributed by atoms with Crippen LogP contribution in [0.3, 0.4) is 0 Å². The Hall–Kier alpha value is -4.56. The van der Waals surface area contributed by atoms with Gasteiger partial charge in [-0.1, -0.05) is 19.9 Å². The van der Waals surface area contributed by atoms with Crippen molar-refractivity contribution in [3.63, 3.8) is 0 Å². The van der Waals surface area contributed by atoms with Gasteiger partial charge in [0.15, 0.2) is 0 Å². The second-order valence-corrected chi connectivity index (χ2v) is 13.4. The van der Waals surface area contributed by atoms with Crippen molar-refractivity contribution in [3.8, 4) is 11.1 Å². The van der Waals surface area contributed by atoms with Gasteiger partial charge in [0, 0.05) is 12.1 Å². The second-order valence-electron chi connectivity index (χ2n) is 13.4. The summed E-state index contributed by atoms with van der Waals surface area (Å²) in [7, 11) is 1.09. The Kier molecular flexibility index (Phi) is 9.76. The number of amides is 1. The Morgan fingerprint density at radius 1 is 0.863 bits per heavy atom. The summed E-state index contributed by atoms with van der Waals surface area (Å²) in [6.07, 6.45) is -16.7. The first-order valence-corrected chi connectivity index (χ1v) is 15.6. The van der Waals surface area contributed by atoms with E-state index in [1.165, 1.54) is 19.1 Å². The quantitative estimate of drug-likeness (QED) is 0.187. The lowest BCUT2D eigenvalue weighted by molar-refractivity contribution is -0.143. The molecule has 0 saturated carbocycles. The lowest BCUT2D eigenvalue weighted by Crippen LogP contribution is -2.35. The fourth-order valence-corrected chi connectivity index (χ4v) is 6.54. The average molecular weight is 732 g/mol. The molecule has 1 aliphatic carbocycles. The molecule has 2 aliphatic rings. The van der Waals surface area contributed by atoms with Gasteiger partial charge < -0.3 is 9.47 Å². The molecule has 5 rings (SSSR count). The van der Waals surface area contributed by atoms with Crippen LogP contribution in [0.1, 0.15) is 84.3 Å². The Labute approximate surface area is 285 Å². The molecule has 1 heterocycles. The third kappa shape index (κ3) is 8.01. The summed E-state index contributed by atoms with van der Waals surface area (Å²) in [5, 5.41) is 0. The van der Waals surface area contributed by atoms with Crippen LogP contribution in [0.4, 0.5) is 48.7 Å². The van der Waals surface area contributed by atoms with E-state index in [0.717, 1.165) is 36.3 Å². The van der Waals surface area contributed by atoms with Gasteiger partial charge in [-0.05, 0) is 108 Å². The van der Waals surface area contributed by atoms with E-state index < -0.39 is 76.2 Å². The van der Waals surface area contributed by atoms with Crippen molar-refractivity contribution in [1.82, 2.24) is 4.90 Å². The van der Waals surface area contributed by atoms with Crippen molar-refractivity contribution >= 4 is 17.6 Å². The van der Waals surface area contributed by atoms with Gasteiger partial charge in [-0.3, -0.25) is 4.90 Å². The zero-order valence-electron chi connectivity index (χ0n) is 27.5. The molecule has 0 spiro atoms. The van der Waals surface area contributed by atoms with Crippen LogP contribution in [0.5, 0.6) is 0 Å². The smallest absolute Gasteiger partial charge is 0.416 e. The van der Waals surface area contributed by atoms with E-state index in [-0.39, 0.29) is 47.7 Å². The summed E-state index contributed by atoms with van der Waals surface area (Å²) in [5.74, 6) is -1.83. The number of halogens is 10. The largest absolute Gasteiger partial charge is 0.465 e. The highest BCUT2D eigenvalue weighted by Gasteiger charge is 2.44. The Balaban J connectivity index is 1.58. The number of alkyl halides is 9. The van der Waals surface area contributed by atoms with Crippen LogP contribution in [0, 0.1) is 11.2 Å². The Bertz CT molecular complexity index is 1860. The normalized spacial score (nSPS) is 19.7. The number of cyclic esters (lactones) is 1. The Morgan fingerprint density at radius 3 is 1.98 bits per heavy atom. The SMILES string of the molecule is COC(=O)c1ccc(-c2cc(C3=C(CN4C(=O)OC(c5cc(C(F)(F)F)cc(C(F)(F)F)c5)C4C)CC(C)(C)CC3)cc(C(F)(F)F)c2)c(F)c1. The summed E-state index contributed by atoms with van der Waals surface area (Å²) in [6.45, 7) is 4.93. The summed E-state index contributed by atoms with van der Waals surface area (Å²) < 4.78 is 149. The number of nitrogens with zero attached hydrogens (tertiary/aromatic N) is 1. The molecule has 0 radical (unpaired) electrons. The minimum atomic E-state index is -5.13. The first-order chi connectivity index (χ1) is 23.5. The fourth-order valence-electron chi connectivity index (χ4n) is 6.54. The molecule has 0 aromatic heterocycles. The molecule has 5 nitrogen and oxygen atoms in total. The number of benzene rings is 3. The second kappa shape index (κ2) is 13.2. The number of allylic oxidation sites excluding steroid dienone is 1. The van der Waals surface area contributed by atoms with Crippen LogP contribution >= 0.6 is 0 Å². The third-order valence-corrected chi connectivity index (χ3v) is 9.17. The zero-order chi connectivity index (χ0) is 37.8. The minimum absolute atomic E-state index is 0.0351. The average Bonchev–Trinajstić information content (AvgIpc) is 3.30. The van der Waals surface area contributed by atoms with Gasteiger partial charge in [0.2, 0.25) is 0 Å². The van der Waals surface area contributed by atoms with Crippen molar-refractivity contribution in [2.24, 2.45) is 5.41 Å². The number of carbonyl (C=O) groups is 2. The standard InChI is InChI=1S/C36H31F10NO4/c1-18-30(22-12-25(35(41,42)43)15-26(13-22)36(44,45)46)51-32(49)47(18)17-23-16-33(2,3)8-7-27(23)20-9-21(11-24(10-20)34(38,39)40)28-6-5-19(14-29(28)37)31(48)50-4/h5-6,9-15,18,30H,7-8,16-17H2,1-4H3. The van der Waals surface area contributed by atoms with Crippen molar-refractivity contribution in [2.45, 2.75) is 70.7 Å². The van der Waals surface area contributed by atoms with Gasteiger partial charge >= 0.3 is 30.6 Å². The minimum Gasteiger partial charge on any atom is -0.465 e. The first kappa shape index (κ1) is 37.7. The molecule has 1 saturated heterocycles. The molecule has 51 heavy (non-hydrogen) atoms. The van der Waals surface area contributed by atoms with Crippen LogP contribution in [-0.4, -0.2) is 36.7 Å². The van der Waals surface area contributed by atoms with Crippen molar-refractivity contribution < 1.29 is 63.0 Å². The van der Waals surface area contributed by atoms with E-state index in [1.807, 2.05) is 13.8 Å². The van der Waals surface area contributed by atoms with Crippen LogP contribution in [0.2, 0.25) is 0 Å². The lowest BCUT2D eigenvalue weighted by Gasteiger charge is -2.35. The molecular formula is C36H31F10NO4. The molecule has 3 aromatic rings. The molecule has 2 unspecified atom stereocenters. The van der Waals surface area contributed by atoms with Gasteiger partial charge in [0.1, 0.15) is 11.9 Å². The van der Waals surface area contributed by atoms with Crippen molar-refractivity contribution in [1.29, 1.82) is 0 Å². The van der Waals surface area contributed by atoms with E-state index in [2.05, 4.69) is 4.74 Å². The molecule has 15 heteroatoms. The van der Waals surface area contributed by atoms with E-state index in [1.54, 1.807) is 0 Å². The first-order valence-electron chi connectivity index (χ1n) is 15.6. The summed E-state index contributed by atoms with van der Waals surface area (Å²) in [4.78, 5) is 26.2. The maximum Gasteiger partial charge on any atom is 0.416 e. The van der Waals surface area contributed by atoms with Crippen LogP contribution < -0.4 is 0 Å². The van der Waals surface area contributed by atoms with E-state index in [9.17, 15) is 49.1 Å². The van der Waals surface area contributed by atoms with Gasteiger partial charge in [0.05, 0.1) is 35.4 Å². The van der Waals surface area contributed by atoms with Crippen molar-refractivity contribution in [2.75, 3.05) is 13.7 Å². The number of esters is 1. The molecule has 3 aromatic carbocycles. The molecule has 0 bridgehead atoms. The molecule has 274 valence electrons. The number of hydrogen-bond donors (Lipinski definition) is 0. The summed E-state index contributed by atoms with van der Waals surface area (Å²) in [5.41, 5.74) is -4.75. The summed E-state index contributed by atoms with van der Waals surface area (Å²) in [6, 6.07) is 6.08. The van der Waals surface area contributed by atoms with Crippen LogP contribution in [0.15, 0.2) is 60.2 Å². The van der Waals surface area contributed by atoms with E-state index >= 15 is 4.39 Å². The Morgan fingerprint density at radius 2 is 1.43 bits per heavy atom. The number of rotatable bonds is 6. The third-order valence-electron chi connectivity index (χ3n) is 9.17. The van der Waals surface area contributed by atoms with Gasteiger partial charge in [0.25, 0.3) is 0 Å². The van der Waals surface area contributed by atoms with Crippen molar-refractivity contribution in [3.05, 3.63) is 99.4 Å². The van der Waals surface area contributed by atoms with Gasteiger partial charge in [-0.15, -0.1) is 0 Å². The molecule has 1 aliphatic heterocycles. The molecular weight excluding hydrogens is 700 g/mol. The monoisotopic (exact) mass is 731 g/mol. The predicted octanol–water partition coefficient (Wildman–Crippen LogP) is 10.9. The van der Waals surface area contributed by atoms with Crippen LogP contribution in [-0.2, 0) is 28.0 Å². The number of carbonyl (C=O) groups excluding carboxylic acids is 2. The highest BCUT2D eigenvalue weighted by atomic mass is 19.4. The molecule has 2 atom stereocenters.